The van der Waals surface area contributed by atoms with Crippen LogP contribution in [0.15, 0.2) is 78.9 Å². The first-order valence-corrected chi connectivity index (χ1v) is 16.3. The van der Waals surface area contributed by atoms with Crippen LogP contribution in [0.1, 0.15) is 16.7 Å². The molecular formula is C38H33F2N7O4. The zero-order valence-corrected chi connectivity index (χ0v) is 27.7. The van der Waals surface area contributed by atoms with E-state index in [4.69, 9.17) is 14.7 Å². The van der Waals surface area contributed by atoms with Crippen LogP contribution >= 0.6 is 0 Å². The lowest BCUT2D eigenvalue weighted by atomic mass is 10.0. The van der Waals surface area contributed by atoms with Crippen molar-refractivity contribution >= 4 is 39.3 Å². The van der Waals surface area contributed by atoms with Crippen molar-refractivity contribution < 1.29 is 23.2 Å². The minimum absolute atomic E-state index is 0.0898. The zero-order valence-electron chi connectivity index (χ0n) is 27.7. The number of nitriles is 2. The average Bonchev–Trinajstić information content (AvgIpc) is 3.16. The summed E-state index contributed by atoms with van der Waals surface area (Å²) >= 11 is 0. The summed E-state index contributed by atoms with van der Waals surface area (Å²) in [6, 6.07) is 25.1. The van der Waals surface area contributed by atoms with Gasteiger partial charge in [-0.25, -0.2) is 13.8 Å². The Morgan fingerprint density at radius 2 is 1.43 bits per heavy atom. The first-order valence-electron chi connectivity index (χ1n) is 16.3. The highest BCUT2D eigenvalue weighted by atomic mass is 19.1. The van der Waals surface area contributed by atoms with E-state index in [9.17, 15) is 24.2 Å². The maximum absolute atomic E-state index is 14.7. The highest BCUT2D eigenvalue weighted by Gasteiger charge is 2.20. The fraction of sp³-hybridized carbons (Fsp3) is 0.237. The van der Waals surface area contributed by atoms with Crippen molar-refractivity contribution in [1.82, 2.24) is 4.98 Å². The lowest BCUT2D eigenvalue weighted by molar-refractivity contribution is -0.385. The number of nitro groups is 1. The molecule has 1 N–H and O–H groups in total. The number of fused-ring (bicyclic) bond motifs is 1. The predicted molar refractivity (Wildman–Crippen MR) is 190 cm³/mol. The number of aromatic nitrogens is 1. The third-order valence-electron chi connectivity index (χ3n) is 8.75. The number of rotatable bonds is 6. The number of morpholine rings is 2. The number of hydrogen-bond donors (Lipinski definition) is 1. The van der Waals surface area contributed by atoms with Crippen LogP contribution in [0.5, 0.6) is 0 Å². The smallest absolute Gasteiger partial charge is 0.289 e. The van der Waals surface area contributed by atoms with Crippen molar-refractivity contribution in [2.24, 2.45) is 0 Å². The Morgan fingerprint density at radius 3 is 2.04 bits per heavy atom. The molecule has 258 valence electrons. The Hall–Kier alpha value is -6.15. The molecule has 51 heavy (non-hydrogen) atoms. The molecule has 2 aliphatic rings. The summed E-state index contributed by atoms with van der Waals surface area (Å²) in [6.07, 6.45) is 0. The summed E-state index contributed by atoms with van der Waals surface area (Å²) in [4.78, 5) is 19.1. The number of anilines is 4. The number of halogens is 2. The van der Waals surface area contributed by atoms with Gasteiger partial charge in [-0.2, -0.15) is 10.5 Å². The minimum atomic E-state index is -0.525. The van der Waals surface area contributed by atoms with E-state index in [1.165, 1.54) is 30.3 Å². The molecule has 2 fully saturated rings. The van der Waals surface area contributed by atoms with Crippen LogP contribution in [0.4, 0.5) is 37.2 Å². The Kier molecular flexibility index (Phi) is 10.6. The molecule has 2 saturated heterocycles. The van der Waals surface area contributed by atoms with Gasteiger partial charge in [-0.1, -0.05) is 12.1 Å². The molecule has 7 rings (SSSR count). The number of nitro benzene ring substituents is 1. The monoisotopic (exact) mass is 689 g/mol. The van der Waals surface area contributed by atoms with Crippen molar-refractivity contribution in [1.29, 1.82) is 10.5 Å². The SMILES string of the molecule is Cc1c(-c2ccccc2F)nc2cc(F)ccc2c1Nc1cc(N2CCOCC2)ccc1C#N.N#Cc1ccc(N2CCOCC2)cc1[N+](=O)[O-]. The maximum atomic E-state index is 14.7. The van der Waals surface area contributed by atoms with Gasteiger partial charge in [0.05, 0.1) is 59.5 Å². The molecule has 0 unspecified atom stereocenters. The van der Waals surface area contributed by atoms with Crippen molar-refractivity contribution in [3.8, 4) is 23.4 Å². The van der Waals surface area contributed by atoms with E-state index in [-0.39, 0.29) is 11.3 Å². The van der Waals surface area contributed by atoms with Crippen molar-refractivity contribution in [2.45, 2.75) is 6.92 Å². The first-order chi connectivity index (χ1) is 24.8. The molecule has 1 aromatic heterocycles. The van der Waals surface area contributed by atoms with E-state index < -0.39 is 16.6 Å². The number of nitrogens with one attached hydrogen (secondary N) is 1. The summed E-state index contributed by atoms with van der Waals surface area (Å²) in [7, 11) is 0. The quantitative estimate of drug-likeness (QED) is 0.143. The average molecular weight is 690 g/mol. The second-order valence-electron chi connectivity index (χ2n) is 11.8. The fourth-order valence-corrected chi connectivity index (χ4v) is 6.08. The molecule has 13 heteroatoms. The van der Waals surface area contributed by atoms with Gasteiger partial charge in [-0.15, -0.1) is 0 Å². The van der Waals surface area contributed by atoms with Crippen molar-refractivity contribution in [3.05, 3.63) is 117 Å². The Labute approximate surface area is 293 Å². The Balaban J connectivity index is 0.000000221. The first kappa shape index (κ1) is 34.7. The highest BCUT2D eigenvalue weighted by Crippen LogP contribution is 2.38. The van der Waals surface area contributed by atoms with Gasteiger partial charge in [0, 0.05) is 60.6 Å². The zero-order chi connectivity index (χ0) is 35.9. The van der Waals surface area contributed by atoms with Crippen LogP contribution in [-0.2, 0) is 9.47 Å². The fourth-order valence-electron chi connectivity index (χ4n) is 6.08. The van der Waals surface area contributed by atoms with E-state index in [0.717, 1.165) is 24.5 Å². The number of ether oxygens (including phenoxy) is 2. The lowest BCUT2D eigenvalue weighted by Crippen LogP contribution is -2.36. The van der Waals surface area contributed by atoms with E-state index in [0.29, 0.717) is 84.2 Å². The van der Waals surface area contributed by atoms with Crippen LogP contribution in [0.3, 0.4) is 0 Å². The largest absolute Gasteiger partial charge is 0.378 e. The molecule has 0 radical (unpaired) electrons. The van der Waals surface area contributed by atoms with Gasteiger partial charge >= 0.3 is 0 Å². The van der Waals surface area contributed by atoms with Crippen molar-refractivity contribution in [2.75, 3.05) is 67.7 Å². The van der Waals surface area contributed by atoms with Crippen LogP contribution < -0.4 is 15.1 Å². The highest BCUT2D eigenvalue weighted by molar-refractivity contribution is 5.98. The molecule has 11 nitrogen and oxygen atoms in total. The van der Waals surface area contributed by atoms with Crippen LogP contribution in [0.25, 0.3) is 22.2 Å². The second kappa shape index (κ2) is 15.6. The van der Waals surface area contributed by atoms with Gasteiger partial charge in [0.15, 0.2) is 0 Å². The predicted octanol–water partition coefficient (Wildman–Crippen LogP) is 7.24. The summed E-state index contributed by atoms with van der Waals surface area (Å²) in [5.74, 6) is -0.840. The normalized spacial score (nSPS) is 14.2. The minimum Gasteiger partial charge on any atom is -0.378 e. The summed E-state index contributed by atoms with van der Waals surface area (Å²) in [5, 5.41) is 33.4. The molecule has 0 amide bonds. The molecule has 0 saturated carbocycles. The van der Waals surface area contributed by atoms with E-state index in [2.05, 4.69) is 21.3 Å². The number of pyridine rings is 1. The summed E-state index contributed by atoms with van der Waals surface area (Å²) < 4.78 is 39.4. The van der Waals surface area contributed by atoms with Gasteiger partial charge in [-0.3, -0.25) is 10.1 Å². The number of benzene rings is 4. The van der Waals surface area contributed by atoms with Gasteiger partial charge in [0.1, 0.15) is 29.3 Å². The van der Waals surface area contributed by atoms with Gasteiger partial charge in [0.25, 0.3) is 5.69 Å². The third kappa shape index (κ3) is 7.70. The third-order valence-corrected chi connectivity index (χ3v) is 8.75. The molecule has 0 bridgehead atoms. The van der Waals surface area contributed by atoms with Crippen LogP contribution in [0.2, 0.25) is 0 Å². The molecule has 4 aromatic carbocycles. The van der Waals surface area contributed by atoms with Crippen LogP contribution in [0, 0.1) is 51.3 Å². The maximum Gasteiger partial charge on any atom is 0.289 e. The van der Waals surface area contributed by atoms with E-state index in [1.807, 2.05) is 30.0 Å². The van der Waals surface area contributed by atoms with Crippen LogP contribution in [-0.4, -0.2) is 62.5 Å². The summed E-state index contributed by atoms with van der Waals surface area (Å²) in [5.41, 5.74) is 5.27. The Morgan fingerprint density at radius 1 is 0.824 bits per heavy atom. The molecule has 0 aliphatic carbocycles. The molecule has 5 aromatic rings. The molecule has 2 aliphatic heterocycles. The molecule has 0 spiro atoms. The second-order valence-corrected chi connectivity index (χ2v) is 11.8. The summed E-state index contributed by atoms with van der Waals surface area (Å²) in [6.45, 7) is 7.33. The van der Waals surface area contributed by atoms with Crippen molar-refractivity contribution in [3.63, 3.8) is 0 Å². The lowest BCUT2D eigenvalue weighted by Gasteiger charge is -2.29. The number of hydrogen-bond acceptors (Lipinski definition) is 10. The Bertz CT molecular complexity index is 2170. The van der Waals surface area contributed by atoms with Gasteiger partial charge < -0.3 is 24.6 Å². The standard InChI is InChI=1S/C27H22F2N4O.C11H11N3O3/c1-17-26(21-4-2-3-5-23(21)29)32-25-14-19(28)7-9-22(25)27(17)31-24-15-20(8-6-18(24)16-30)33-10-12-34-13-11-33;12-8-9-1-2-10(7-11(9)14(15)16)13-3-5-17-6-4-13/h2-9,14-15H,10-13H2,1H3,(H,31,32);1-2,7H,3-6H2. The van der Waals surface area contributed by atoms with E-state index in [1.54, 1.807) is 36.4 Å². The van der Waals surface area contributed by atoms with E-state index >= 15 is 0 Å². The van der Waals surface area contributed by atoms with Gasteiger partial charge in [-0.05, 0) is 67.1 Å². The molecule has 0 atom stereocenters. The molecular weight excluding hydrogens is 656 g/mol. The topological polar surface area (TPSA) is 141 Å². The molecule has 3 heterocycles. The van der Waals surface area contributed by atoms with Gasteiger partial charge in [0.2, 0.25) is 0 Å². The number of nitrogens with zero attached hydrogens (tertiary/aromatic N) is 6.